The summed E-state index contributed by atoms with van der Waals surface area (Å²) in [5.41, 5.74) is 0.990. The fourth-order valence-corrected chi connectivity index (χ4v) is 1.75. The summed E-state index contributed by atoms with van der Waals surface area (Å²) in [7, 11) is 0. The van der Waals surface area contributed by atoms with Gasteiger partial charge in [-0.15, -0.1) is 0 Å². The van der Waals surface area contributed by atoms with E-state index < -0.39 is 5.97 Å². The van der Waals surface area contributed by atoms with Gasteiger partial charge in [0.15, 0.2) is 0 Å². The lowest BCUT2D eigenvalue weighted by Crippen LogP contribution is -2.37. The Labute approximate surface area is 118 Å². The van der Waals surface area contributed by atoms with Crippen LogP contribution in [0, 0.1) is 0 Å². The molecule has 1 heterocycles. The van der Waals surface area contributed by atoms with Gasteiger partial charge in [-0.25, -0.2) is 9.78 Å². The van der Waals surface area contributed by atoms with Gasteiger partial charge in [-0.05, 0) is 12.8 Å². The number of urea groups is 1. The molecule has 0 unspecified atom stereocenters. The molecule has 2 amide bonds. The third kappa shape index (κ3) is 8.12. The van der Waals surface area contributed by atoms with E-state index in [1.54, 1.807) is 12.5 Å². The molecule has 0 spiro atoms. The second-order valence-electron chi connectivity index (χ2n) is 4.57. The quantitative estimate of drug-likeness (QED) is 0.485. The van der Waals surface area contributed by atoms with Crippen molar-refractivity contribution < 1.29 is 14.7 Å². The van der Waals surface area contributed by atoms with Crippen LogP contribution >= 0.6 is 0 Å². The number of aromatic nitrogens is 2. The van der Waals surface area contributed by atoms with Crippen molar-refractivity contribution in [3.8, 4) is 0 Å². The number of amides is 2. The van der Waals surface area contributed by atoms with Gasteiger partial charge >= 0.3 is 12.0 Å². The van der Waals surface area contributed by atoms with E-state index in [-0.39, 0.29) is 12.5 Å². The number of rotatable bonds is 10. The smallest absolute Gasteiger partial charge is 0.314 e. The normalized spacial score (nSPS) is 10.2. The molecule has 0 aliphatic rings. The molecule has 1 aromatic heterocycles. The number of carbonyl (C=O) groups excluding carboxylic acids is 1. The second kappa shape index (κ2) is 9.82. The van der Waals surface area contributed by atoms with Crippen molar-refractivity contribution in [1.29, 1.82) is 0 Å². The molecule has 0 aliphatic heterocycles. The largest absolute Gasteiger partial charge is 0.481 e. The first-order valence-electron chi connectivity index (χ1n) is 6.89. The van der Waals surface area contributed by atoms with Gasteiger partial charge in [-0.3, -0.25) is 4.79 Å². The van der Waals surface area contributed by atoms with E-state index in [9.17, 15) is 9.59 Å². The van der Waals surface area contributed by atoms with Crippen LogP contribution in [0.3, 0.4) is 0 Å². The zero-order valence-corrected chi connectivity index (χ0v) is 11.5. The van der Waals surface area contributed by atoms with Crippen LogP contribution in [0.25, 0.3) is 0 Å². The van der Waals surface area contributed by atoms with Gasteiger partial charge in [0.1, 0.15) is 0 Å². The predicted molar refractivity (Wildman–Crippen MR) is 74.4 cm³/mol. The highest BCUT2D eigenvalue weighted by molar-refractivity contribution is 5.73. The molecule has 0 aromatic carbocycles. The van der Waals surface area contributed by atoms with Crippen molar-refractivity contribution in [2.45, 2.75) is 38.5 Å². The zero-order chi connectivity index (χ0) is 14.6. The molecule has 1 aromatic rings. The van der Waals surface area contributed by atoms with Gasteiger partial charge in [0.2, 0.25) is 0 Å². The van der Waals surface area contributed by atoms with Crippen LogP contribution < -0.4 is 10.6 Å². The number of carboxylic acid groups (broad SMARTS) is 1. The summed E-state index contributed by atoms with van der Waals surface area (Å²) < 4.78 is 0. The summed E-state index contributed by atoms with van der Waals surface area (Å²) in [5, 5.41) is 14.0. The Balaban J connectivity index is 1.88. The van der Waals surface area contributed by atoms with E-state index >= 15 is 0 Å². The summed E-state index contributed by atoms with van der Waals surface area (Å²) in [4.78, 5) is 28.6. The number of hydrogen-bond donors (Lipinski definition) is 4. The van der Waals surface area contributed by atoms with Crippen LogP contribution in [0.15, 0.2) is 12.5 Å². The molecule has 7 heteroatoms. The van der Waals surface area contributed by atoms with Gasteiger partial charge in [0.05, 0.1) is 6.33 Å². The minimum absolute atomic E-state index is 0.171. The summed E-state index contributed by atoms with van der Waals surface area (Å²) in [5.74, 6) is -0.750. The van der Waals surface area contributed by atoms with Crippen molar-refractivity contribution in [3.63, 3.8) is 0 Å². The molecule has 4 N–H and O–H groups in total. The highest BCUT2D eigenvalue weighted by atomic mass is 16.4. The number of carboxylic acids is 1. The van der Waals surface area contributed by atoms with Gasteiger partial charge in [-0.1, -0.05) is 12.8 Å². The number of carbonyl (C=O) groups is 2. The van der Waals surface area contributed by atoms with E-state index in [0.717, 1.165) is 31.4 Å². The summed E-state index contributed by atoms with van der Waals surface area (Å²) in [6, 6.07) is -0.171. The SMILES string of the molecule is O=C(O)CCCCCCNC(=O)NCCc1cnc[nH]1. The van der Waals surface area contributed by atoms with E-state index in [0.29, 0.717) is 19.5 Å². The third-order valence-electron chi connectivity index (χ3n) is 2.84. The number of aliphatic carboxylic acids is 1. The molecular weight excluding hydrogens is 260 g/mol. The van der Waals surface area contributed by atoms with Crippen molar-refractivity contribution in [2.75, 3.05) is 13.1 Å². The van der Waals surface area contributed by atoms with Crippen molar-refractivity contribution in [3.05, 3.63) is 18.2 Å². The highest BCUT2D eigenvalue weighted by Gasteiger charge is 2.00. The maximum absolute atomic E-state index is 11.4. The summed E-state index contributed by atoms with van der Waals surface area (Å²) >= 11 is 0. The molecule has 1 rings (SSSR count). The van der Waals surface area contributed by atoms with Crippen LogP contribution in [0.1, 0.15) is 37.8 Å². The maximum atomic E-state index is 11.4. The fourth-order valence-electron chi connectivity index (χ4n) is 1.75. The number of H-pyrrole nitrogens is 1. The molecule has 20 heavy (non-hydrogen) atoms. The topological polar surface area (TPSA) is 107 Å². The number of hydrogen-bond acceptors (Lipinski definition) is 3. The molecule has 0 bridgehead atoms. The first-order valence-corrected chi connectivity index (χ1v) is 6.89. The predicted octanol–water partition coefficient (Wildman–Crippen LogP) is 1.29. The van der Waals surface area contributed by atoms with E-state index in [1.165, 1.54) is 0 Å². The molecule has 0 atom stereocenters. The lowest BCUT2D eigenvalue weighted by molar-refractivity contribution is -0.137. The molecule has 0 radical (unpaired) electrons. The molecule has 0 saturated heterocycles. The number of unbranched alkanes of at least 4 members (excludes halogenated alkanes) is 3. The lowest BCUT2D eigenvalue weighted by atomic mass is 10.1. The van der Waals surface area contributed by atoms with Crippen LogP contribution in [0.5, 0.6) is 0 Å². The average Bonchev–Trinajstić information content (AvgIpc) is 2.90. The molecule has 7 nitrogen and oxygen atoms in total. The van der Waals surface area contributed by atoms with Crippen molar-refractivity contribution >= 4 is 12.0 Å². The number of nitrogens with zero attached hydrogens (tertiary/aromatic N) is 1. The van der Waals surface area contributed by atoms with E-state index in [2.05, 4.69) is 20.6 Å². The van der Waals surface area contributed by atoms with E-state index in [4.69, 9.17) is 5.11 Å². The Hall–Kier alpha value is -2.05. The minimum Gasteiger partial charge on any atom is -0.481 e. The molecular formula is C13H22N4O3. The van der Waals surface area contributed by atoms with Crippen LogP contribution in [0.4, 0.5) is 4.79 Å². The van der Waals surface area contributed by atoms with Crippen molar-refractivity contribution in [2.24, 2.45) is 0 Å². The molecule has 0 fully saturated rings. The Morgan fingerprint density at radius 2 is 1.90 bits per heavy atom. The average molecular weight is 282 g/mol. The van der Waals surface area contributed by atoms with Gasteiger partial charge < -0.3 is 20.7 Å². The van der Waals surface area contributed by atoms with E-state index in [1.807, 2.05) is 0 Å². The first kappa shape index (κ1) is 16.0. The van der Waals surface area contributed by atoms with Gasteiger partial charge in [0, 0.05) is 37.8 Å². The minimum atomic E-state index is -0.750. The number of nitrogens with one attached hydrogen (secondary N) is 3. The Morgan fingerprint density at radius 3 is 2.60 bits per heavy atom. The summed E-state index contributed by atoms with van der Waals surface area (Å²) in [6.45, 7) is 1.18. The van der Waals surface area contributed by atoms with Gasteiger partial charge in [-0.2, -0.15) is 0 Å². The second-order valence-corrected chi connectivity index (χ2v) is 4.57. The molecule has 112 valence electrons. The maximum Gasteiger partial charge on any atom is 0.314 e. The molecule has 0 aliphatic carbocycles. The van der Waals surface area contributed by atoms with Crippen LogP contribution in [0.2, 0.25) is 0 Å². The first-order chi connectivity index (χ1) is 9.68. The van der Waals surface area contributed by atoms with Crippen LogP contribution in [-0.2, 0) is 11.2 Å². The fraction of sp³-hybridized carbons (Fsp3) is 0.615. The standard InChI is InChI=1S/C13H22N4O3/c18-12(19)5-3-1-2-4-7-15-13(20)16-8-6-11-9-14-10-17-11/h9-10H,1-8H2,(H,14,17)(H,18,19)(H2,15,16,20). The monoisotopic (exact) mass is 282 g/mol. The third-order valence-corrected chi connectivity index (χ3v) is 2.84. The van der Waals surface area contributed by atoms with Crippen molar-refractivity contribution in [1.82, 2.24) is 20.6 Å². The lowest BCUT2D eigenvalue weighted by Gasteiger charge is -2.06. The zero-order valence-electron chi connectivity index (χ0n) is 11.5. The number of imidazole rings is 1. The summed E-state index contributed by atoms with van der Waals surface area (Å²) in [6.07, 6.45) is 7.68. The van der Waals surface area contributed by atoms with Gasteiger partial charge in [0.25, 0.3) is 0 Å². The Morgan fingerprint density at radius 1 is 1.15 bits per heavy atom. The molecule has 0 saturated carbocycles. The Bertz CT molecular complexity index is 392. The Kier molecular flexibility index (Phi) is 7.86. The number of aromatic amines is 1. The highest BCUT2D eigenvalue weighted by Crippen LogP contribution is 2.02. The van der Waals surface area contributed by atoms with Crippen LogP contribution in [-0.4, -0.2) is 40.2 Å².